The molecule has 0 aliphatic carbocycles. The van der Waals surface area contributed by atoms with E-state index in [1.165, 1.54) is 23.1 Å². The van der Waals surface area contributed by atoms with Crippen LogP contribution in [0.2, 0.25) is 0 Å². The third kappa shape index (κ3) is 3.86. The summed E-state index contributed by atoms with van der Waals surface area (Å²) in [5.41, 5.74) is -0.0853. The second-order valence-electron chi connectivity index (χ2n) is 4.82. The lowest BCUT2D eigenvalue weighted by Gasteiger charge is -2.06. The van der Waals surface area contributed by atoms with Crippen LogP contribution < -0.4 is 15.0 Å². The maximum atomic E-state index is 12.0. The van der Waals surface area contributed by atoms with Gasteiger partial charge in [-0.1, -0.05) is 11.8 Å². The van der Waals surface area contributed by atoms with Gasteiger partial charge in [-0.2, -0.15) is 0 Å². The predicted octanol–water partition coefficient (Wildman–Crippen LogP) is 3.47. The molecule has 1 N–H and O–H groups in total. The number of hydrogen-bond donors (Lipinski definition) is 1. The minimum Gasteiger partial charge on any atom is -0.497 e. The normalized spacial score (nSPS) is 10.9. The van der Waals surface area contributed by atoms with Gasteiger partial charge in [-0.15, -0.1) is 11.3 Å². The van der Waals surface area contributed by atoms with Crippen LogP contribution in [-0.4, -0.2) is 29.4 Å². The van der Waals surface area contributed by atoms with E-state index in [4.69, 9.17) is 9.47 Å². The van der Waals surface area contributed by atoms with Crippen molar-refractivity contribution in [3.8, 4) is 11.5 Å². The molecule has 0 atom stereocenters. The van der Waals surface area contributed by atoms with Gasteiger partial charge in [-0.3, -0.25) is 4.79 Å². The Hall–Kier alpha value is -1.99. The van der Waals surface area contributed by atoms with Crippen molar-refractivity contribution < 1.29 is 9.47 Å². The average Bonchev–Trinajstić information content (AvgIpc) is 2.93. The summed E-state index contributed by atoms with van der Waals surface area (Å²) >= 11 is 3.01. The molecular formula is C16H16N2O3S2. The van der Waals surface area contributed by atoms with Crippen molar-refractivity contribution in [2.75, 3.05) is 19.5 Å². The van der Waals surface area contributed by atoms with E-state index in [2.05, 4.69) is 9.97 Å². The van der Waals surface area contributed by atoms with E-state index >= 15 is 0 Å². The quantitative estimate of drug-likeness (QED) is 0.420. The number of ether oxygens (including phenoxy) is 2. The van der Waals surface area contributed by atoms with Crippen molar-refractivity contribution in [1.29, 1.82) is 0 Å². The van der Waals surface area contributed by atoms with E-state index in [1.807, 2.05) is 37.3 Å². The van der Waals surface area contributed by atoms with E-state index in [0.717, 1.165) is 21.2 Å². The maximum absolute atomic E-state index is 12.0. The molecule has 1 aromatic carbocycles. The molecule has 0 unspecified atom stereocenters. The van der Waals surface area contributed by atoms with Crippen molar-refractivity contribution in [3.63, 3.8) is 0 Å². The molecule has 0 aliphatic heterocycles. The number of fused-ring (bicyclic) bond motifs is 1. The number of nitrogens with zero attached hydrogens (tertiary/aromatic N) is 1. The molecule has 0 spiro atoms. The zero-order valence-corrected chi connectivity index (χ0v) is 14.4. The van der Waals surface area contributed by atoms with Crippen LogP contribution in [0.5, 0.6) is 11.5 Å². The van der Waals surface area contributed by atoms with E-state index in [1.54, 1.807) is 7.11 Å². The molecule has 120 valence electrons. The SMILES string of the molecule is COc1ccc(OCCSc2nc3sc(C)cc3c(=O)[nH]2)cc1. The molecule has 3 rings (SSSR count). The molecule has 0 saturated carbocycles. The summed E-state index contributed by atoms with van der Waals surface area (Å²) < 4.78 is 10.8. The summed E-state index contributed by atoms with van der Waals surface area (Å²) in [5.74, 6) is 2.29. The number of H-pyrrole nitrogens is 1. The second kappa shape index (κ2) is 7.06. The molecule has 0 saturated heterocycles. The Balaban J connectivity index is 1.57. The number of methoxy groups -OCH3 is 1. The Morgan fingerprint density at radius 2 is 2.00 bits per heavy atom. The summed E-state index contributed by atoms with van der Waals surface area (Å²) in [6, 6.07) is 9.31. The molecular weight excluding hydrogens is 332 g/mol. The minimum absolute atomic E-state index is 0.0853. The van der Waals surface area contributed by atoms with Crippen LogP contribution >= 0.6 is 23.1 Å². The van der Waals surface area contributed by atoms with Gasteiger partial charge in [0.2, 0.25) is 0 Å². The van der Waals surface area contributed by atoms with E-state index in [-0.39, 0.29) is 5.56 Å². The monoisotopic (exact) mass is 348 g/mol. The number of aryl methyl sites for hydroxylation is 1. The number of aromatic nitrogens is 2. The van der Waals surface area contributed by atoms with Gasteiger partial charge in [-0.25, -0.2) is 4.98 Å². The number of thioether (sulfide) groups is 1. The maximum Gasteiger partial charge on any atom is 0.260 e. The number of thiophene rings is 1. The van der Waals surface area contributed by atoms with Gasteiger partial charge in [0, 0.05) is 10.6 Å². The topological polar surface area (TPSA) is 64.2 Å². The first-order valence-corrected chi connectivity index (χ1v) is 8.86. The zero-order chi connectivity index (χ0) is 16.2. The van der Waals surface area contributed by atoms with Crippen molar-refractivity contribution in [2.24, 2.45) is 0 Å². The highest BCUT2D eigenvalue weighted by Crippen LogP contribution is 2.22. The number of hydrogen-bond acceptors (Lipinski definition) is 6. The van der Waals surface area contributed by atoms with Crippen molar-refractivity contribution in [3.05, 3.63) is 45.6 Å². The van der Waals surface area contributed by atoms with Crippen LogP contribution in [0, 0.1) is 6.92 Å². The van der Waals surface area contributed by atoms with Crippen LogP contribution in [-0.2, 0) is 0 Å². The van der Waals surface area contributed by atoms with Crippen LogP contribution in [0.3, 0.4) is 0 Å². The highest BCUT2D eigenvalue weighted by Gasteiger charge is 2.07. The first-order valence-electron chi connectivity index (χ1n) is 7.06. The Bertz CT molecular complexity index is 856. The molecule has 2 heterocycles. The smallest absolute Gasteiger partial charge is 0.260 e. The lowest BCUT2D eigenvalue weighted by molar-refractivity contribution is 0.342. The lowest BCUT2D eigenvalue weighted by Crippen LogP contribution is -2.08. The van der Waals surface area contributed by atoms with Crippen molar-refractivity contribution in [2.45, 2.75) is 12.1 Å². The standard InChI is InChI=1S/C16H16N2O3S2/c1-10-9-13-14(19)17-16(18-15(13)23-10)22-8-7-21-12-5-3-11(20-2)4-6-12/h3-6,9H,7-8H2,1-2H3,(H,17,18,19). The molecule has 23 heavy (non-hydrogen) atoms. The van der Waals surface area contributed by atoms with Gasteiger partial charge in [0.15, 0.2) is 5.16 Å². The van der Waals surface area contributed by atoms with Gasteiger partial charge in [0.05, 0.1) is 19.1 Å². The Kier molecular flexibility index (Phi) is 4.88. The highest BCUT2D eigenvalue weighted by atomic mass is 32.2. The van der Waals surface area contributed by atoms with E-state index < -0.39 is 0 Å². The number of rotatable bonds is 6. The predicted molar refractivity (Wildman–Crippen MR) is 94.2 cm³/mol. The fraction of sp³-hybridized carbons (Fsp3) is 0.250. The Morgan fingerprint density at radius 1 is 1.26 bits per heavy atom. The van der Waals surface area contributed by atoms with Crippen molar-refractivity contribution in [1.82, 2.24) is 9.97 Å². The number of nitrogens with one attached hydrogen (secondary N) is 1. The van der Waals surface area contributed by atoms with Crippen LogP contribution in [0.1, 0.15) is 4.88 Å². The van der Waals surface area contributed by atoms with Gasteiger partial charge in [0.25, 0.3) is 5.56 Å². The first kappa shape index (κ1) is 15.9. The van der Waals surface area contributed by atoms with E-state index in [9.17, 15) is 4.79 Å². The fourth-order valence-corrected chi connectivity index (χ4v) is 3.69. The molecule has 0 radical (unpaired) electrons. The second-order valence-corrected chi connectivity index (χ2v) is 7.14. The van der Waals surface area contributed by atoms with Crippen LogP contribution in [0.25, 0.3) is 10.2 Å². The third-order valence-corrected chi connectivity index (χ3v) is 4.94. The number of aromatic amines is 1. The van der Waals surface area contributed by atoms with Gasteiger partial charge >= 0.3 is 0 Å². The van der Waals surface area contributed by atoms with E-state index in [0.29, 0.717) is 22.9 Å². The largest absolute Gasteiger partial charge is 0.497 e. The zero-order valence-electron chi connectivity index (χ0n) is 12.8. The van der Waals surface area contributed by atoms with Crippen LogP contribution in [0.4, 0.5) is 0 Å². The molecule has 0 bridgehead atoms. The summed E-state index contributed by atoms with van der Waals surface area (Å²) in [6.07, 6.45) is 0. The fourth-order valence-electron chi connectivity index (χ4n) is 2.07. The summed E-state index contributed by atoms with van der Waals surface area (Å²) in [7, 11) is 1.63. The summed E-state index contributed by atoms with van der Waals surface area (Å²) in [6.45, 7) is 2.50. The van der Waals surface area contributed by atoms with Gasteiger partial charge in [-0.05, 0) is 37.3 Å². The Morgan fingerprint density at radius 3 is 2.74 bits per heavy atom. The Labute approximate surface area is 141 Å². The minimum atomic E-state index is -0.0853. The number of benzene rings is 1. The molecule has 3 aromatic rings. The first-order chi connectivity index (χ1) is 11.2. The molecule has 7 heteroatoms. The molecule has 2 aromatic heterocycles. The molecule has 0 aliphatic rings. The highest BCUT2D eigenvalue weighted by molar-refractivity contribution is 7.99. The van der Waals surface area contributed by atoms with Crippen LogP contribution in [0.15, 0.2) is 40.3 Å². The average molecular weight is 348 g/mol. The molecule has 0 amide bonds. The van der Waals surface area contributed by atoms with Gasteiger partial charge < -0.3 is 14.5 Å². The lowest BCUT2D eigenvalue weighted by atomic mass is 10.3. The molecule has 5 nitrogen and oxygen atoms in total. The third-order valence-electron chi connectivity index (χ3n) is 3.15. The summed E-state index contributed by atoms with van der Waals surface area (Å²) in [4.78, 5) is 21.1. The molecule has 0 fully saturated rings. The summed E-state index contributed by atoms with van der Waals surface area (Å²) in [5, 5.41) is 1.29. The van der Waals surface area contributed by atoms with Crippen molar-refractivity contribution >= 4 is 33.3 Å². The van der Waals surface area contributed by atoms with Gasteiger partial charge in [0.1, 0.15) is 16.3 Å².